The summed E-state index contributed by atoms with van der Waals surface area (Å²) in [7, 11) is 1.83. The summed E-state index contributed by atoms with van der Waals surface area (Å²) in [4.78, 5) is 27.2. The first-order chi connectivity index (χ1) is 12.6. The van der Waals surface area contributed by atoms with E-state index in [0.29, 0.717) is 25.5 Å². The van der Waals surface area contributed by atoms with Crippen LogP contribution in [0.5, 0.6) is 0 Å². The van der Waals surface area contributed by atoms with Gasteiger partial charge in [-0.1, -0.05) is 0 Å². The molecule has 0 bridgehead atoms. The molecule has 0 radical (unpaired) electrons. The summed E-state index contributed by atoms with van der Waals surface area (Å²) in [6, 6.07) is 5.52. The minimum atomic E-state index is -0.440. The average Bonchev–Trinajstić information content (AvgIpc) is 2.98. The van der Waals surface area contributed by atoms with E-state index in [2.05, 4.69) is 15.3 Å². The third-order valence-electron chi connectivity index (χ3n) is 4.83. The molecule has 2 fully saturated rings. The minimum Gasteiger partial charge on any atom is -0.394 e. The summed E-state index contributed by atoms with van der Waals surface area (Å²) in [5.41, 5.74) is 1.92. The van der Waals surface area contributed by atoms with Crippen molar-refractivity contribution in [2.24, 2.45) is 7.05 Å². The number of carbonyl (C=O) groups is 2. The molecule has 2 N–H and O–H groups in total. The van der Waals surface area contributed by atoms with E-state index in [1.807, 2.05) is 25.2 Å². The first kappa shape index (κ1) is 16.8. The highest BCUT2D eigenvalue weighted by Gasteiger charge is 2.28. The fraction of sp³-hybridized carbons (Fsp3) is 0.471. The number of fused-ring (bicyclic) bond motifs is 1. The van der Waals surface area contributed by atoms with Crippen LogP contribution in [0.1, 0.15) is 6.42 Å². The molecule has 1 atom stereocenters. The Labute approximate surface area is 150 Å². The van der Waals surface area contributed by atoms with Gasteiger partial charge >= 0.3 is 6.03 Å². The summed E-state index contributed by atoms with van der Waals surface area (Å²) < 4.78 is 7.24. The van der Waals surface area contributed by atoms with Gasteiger partial charge in [-0.3, -0.25) is 19.7 Å². The lowest BCUT2D eigenvalue weighted by atomic mass is 10.1. The molecule has 3 heterocycles. The first-order valence-corrected chi connectivity index (χ1v) is 8.62. The van der Waals surface area contributed by atoms with E-state index in [9.17, 15) is 14.7 Å². The molecule has 0 spiro atoms. The quantitative estimate of drug-likeness (QED) is 0.813. The number of imide groups is 1. The molecule has 0 unspecified atom stereocenters. The summed E-state index contributed by atoms with van der Waals surface area (Å²) >= 11 is 0. The Morgan fingerprint density at radius 1 is 1.35 bits per heavy atom. The van der Waals surface area contributed by atoms with Crippen LogP contribution in [0.4, 0.5) is 16.3 Å². The molecular formula is C17H21N5O4. The summed E-state index contributed by atoms with van der Waals surface area (Å²) in [5.74, 6) is 0.286. The maximum atomic E-state index is 12.1. The molecule has 0 saturated carbocycles. The molecule has 26 heavy (non-hydrogen) atoms. The van der Waals surface area contributed by atoms with Gasteiger partial charge in [0.2, 0.25) is 5.91 Å². The number of amides is 3. The highest BCUT2D eigenvalue weighted by atomic mass is 16.5. The van der Waals surface area contributed by atoms with Gasteiger partial charge in [0, 0.05) is 44.2 Å². The Hall–Kier alpha value is -2.65. The predicted molar refractivity (Wildman–Crippen MR) is 95.3 cm³/mol. The van der Waals surface area contributed by atoms with Crippen LogP contribution in [0, 0.1) is 0 Å². The molecule has 138 valence electrons. The van der Waals surface area contributed by atoms with Crippen molar-refractivity contribution in [1.82, 2.24) is 15.1 Å². The highest BCUT2D eigenvalue weighted by molar-refractivity contribution is 6.09. The number of anilines is 2. The first-order valence-electron chi connectivity index (χ1n) is 8.62. The normalized spacial score (nSPS) is 21.4. The third kappa shape index (κ3) is 2.89. The van der Waals surface area contributed by atoms with Gasteiger partial charge in [0.05, 0.1) is 24.8 Å². The van der Waals surface area contributed by atoms with E-state index in [1.165, 1.54) is 4.90 Å². The summed E-state index contributed by atoms with van der Waals surface area (Å²) in [6.45, 7) is 2.27. The van der Waals surface area contributed by atoms with Crippen molar-refractivity contribution in [3.63, 3.8) is 0 Å². The number of carbonyl (C=O) groups excluding carboxylic acids is 2. The zero-order chi connectivity index (χ0) is 18.3. The van der Waals surface area contributed by atoms with Gasteiger partial charge in [0.1, 0.15) is 0 Å². The molecule has 0 aliphatic carbocycles. The van der Waals surface area contributed by atoms with E-state index in [0.717, 1.165) is 23.1 Å². The van der Waals surface area contributed by atoms with Gasteiger partial charge < -0.3 is 14.7 Å². The number of ether oxygens (including phenoxy) is 1. The smallest absolute Gasteiger partial charge is 0.329 e. The van der Waals surface area contributed by atoms with Crippen molar-refractivity contribution in [1.29, 1.82) is 0 Å². The molecule has 3 amide bonds. The number of aliphatic hydroxyl groups excluding tert-OH is 1. The monoisotopic (exact) mass is 359 g/mol. The van der Waals surface area contributed by atoms with E-state index in [-0.39, 0.29) is 25.0 Å². The Balaban J connectivity index is 1.66. The molecule has 9 heteroatoms. The second kappa shape index (κ2) is 6.58. The van der Waals surface area contributed by atoms with Crippen LogP contribution in [0.25, 0.3) is 10.9 Å². The van der Waals surface area contributed by atoms with Crippen molar-refractivity contribution < 1.29 is 19.4 Å². The van der Waals surface area contributed by atoms with Gasteiger partial charge in [0.15, 0.2) is 5.82 Å². The van der Waals surface area contributed by atoms with Crippen molar-refractivity contribution in [2.75, 3.05) is 42.6 Å². The van der Waals surface area contributed by atoms with Gasteiger partial charge in [-0.2, -0.15) is 5.10 Å². The molecule has 9 nitrogen and oxygen atoms in total. The number of rotatable bonds is 3. The van der Waals surface area contributed by atoms with Crippen molar-refractivity contribution in [2.45, 2.75) is 12.5 Å². The van der Waals surface area contributed by atoms with E-state index in [4.69, 9.17) is 4.74 Å². The zero-order valence-electron chi connectivity index (χ0n) is 14.5. The summed E-state index contributed by atoms with van der Waals surface area (Å²) in [6.07, 6.45) is 0.0780. The molecule has 4 rings (SSSR count). The summed E-state index contributed by atoms with van der Waals surface area (Å²) in [5, 5.41) is 17.0. The largest absolute Gasteiger partial charge is 0.394 e. The fourth-order valence-corrected chi connectivity index (χ4v) is 3.45. The van der Waals surface area contributed by atoms with Crippen LogP contribution < -0.4 is 15.1 Å². The van der Waals surface area contributed by atoms with Crippen LogP contribution in [-0.4, -0.2) is 65.8 Å². The van der Waals surface area contributed by atoms with Crippen molar-refractivity contribution >= 4 is 34.3 Å². The topological polar surface area (TPSA) is 99.9 Å². The maximum Gasteiger partial charge on any atom is 0.329 e. The lowest BCUT2D eigenvalue weighted by Crippen LogP contribution is -2.49. The zero-order valence-corrected chi connectivity index (χ0v) is 14.5. The lowest BCUT2D eigenvalue weighted by Gasteiger charge is -2.33. The van der Waals surface area contributed by atoms with E-state index in [1.54, 1.807) is 4.68 Å². The van der Waals surface area contributed by atoms with Crippen LogP contribution in [0.15, 0.2) is 18.2 Å². The van der Waals surface area contributed by atoms with Gasteiger partial charge in [-0.05, 0) is 18.2 Å². The molecular weight excluding hydrogens is 338 g/mol. The number of aromatic nitrogens is 2. The number of morpholine rings is 1. The molecule has 2 aliphatic rings. The van der Waals surface area contributed by atoms with E-state index >= 15 is 0 Å². The number of aryl methyl sites for hydroxylation is 1. The molecule has 2 aliphatic heterocycles. The minimum absolute atomic E-state index is 0.00258. The number of benzene rings is 1. The number of hydrogen-bond donors (Lipinski definition) is 2. The SMILES string of the molecule is Cn1nc(N2CCC(=O)NC2=O)c2ccc(N3CCO[C@@H](CO)C3)cc21. The van der Waals surface area contributed by atoms with Crippen LogP contribution in [0.3, 0.4) is 0 Å². The Bertz CT molecular complexity index is 864. The molecule has 1 aromatic carbocycles. The Morgan fingerprint density at radius 3 is 2.96 bits per heavy atom. The second-order valence-corrected chi connectivity index (χ2v) is 6.53. The maximum absolute atomic E-state index is 12.1. The number of aliphatic hydroxyl groups is 1. The number of urea groups is 1. The third-order valence-corrected chi connectivity index (χ3v) is 4.83. The lowest BCUT2D eigenvalue weighted by molar-refractivity contribution is -0.120. The van der Waals surface area contributed by atoms with Gasteiger partial charge in [-0.15, -0.1) is 0 Å². The van der Waals surface area contributed by atoms with Crippen LogP contribution in [0.2, 0.25) is 0 Å². The van der Waals surface area contributed by atoms with Crippen molar-refractivity contribution in [3.8, 4) is 0 Å². The second-order valence-electron chi connectivity index (χ2n) is 6.53. The number of nitrogens with zero attached hydrogens (tertiary/aromatic N) is 4. The predicted octanol–water partition coefficient (Wildman–Crippen LogP) is 0.217. The molecule has 2 saturated heterocycles. The Kier molecular flexibility index (Phi) is 4.25. The highest BCUT2D eigenvalue weighted by Crippen LogP contribution is 2.30. The average molecular weight is 359 g/mol. The fourth-order valence-electron chi connectivity index (χ4n) is 3.45. The van der Waals surface area contributed by atoms with Crippen molar-refractivity contribution in [3.05, 3.63) is 18.2 Å². The number of hydrogen-bond acceptors (Lipinski definition) is 6. The standard InChI is InChI=1S/C17H21N5O4/c1-20-14-8-11(21-6-7-26-12(9-21)10-23)2-3-13(14)16(19-20)22-5-4-15(24)18-17(22)25/h2-3,8,12,23H,4-7,9-10H2,1H3,(H,18,24,25)/t12-/m1/s1. The van der Waals surface area contributed by atoms with E-state index < -0.39 is 6.03 Å². The van der Waals surface area contributed by atoms with Crippen LogP contribution in [-0.2, 0) is 16.6 Å². The van der Waals surface area contributed by atoms with Gasteiger partial charge in [0.25, 0.3) is 0 Å². The number of nitrogens with one attached hydrogen (secondary N) is 1. The molecule has 1 aromatic heterocycles. The Morgan fingerprint density at radius 2 is 2.19 bits per heavy atom. The van der Waals surface area contributed by atoms with Crippen LogP contribution >= 0.6 is 0 Å². The molecule has 2 aromatic rings. The van der Waals surface area contributed by atoms with Gasteiger partial charge in [-0.25, -0.2) is 4.79 Å².